The van der Waals surface area contributed by atoms with Crippen molar-refractivity contribution in [2.75, 3.05) is 19.5 Å². The second-order valence-corrected chi connectivity index (χ2v) is 8.85. The molecule has 2 aromatic carbocycles. The summed E-state index contributed by atoms with van der Waals surface area (Å²) in [7, 11) is 2.58. The number of carbonyl (C=O) groups is 2. The van der Waals surface area contributed by atoms with Crippen LogP contribution in [0.4, 0.5) is 5.69 Å². The van der Waals surface area contributed by atoms with E-state index in [1.54, 1.807) is 6.92 Å². The Kier molecular flexibility index (Phi) is 6.86. The molecule has 0 spiro atoms. The number of halogens is 1. The molecule has 1 aliphatic rings. The summed E-state index contributed by atoms with van der Waals surface area (Å²) in [5.41, 5.74) is 1.91. The van der Waals surface area contributed by atoms with E-state index in [-0.39, 0.29) is 6.42 Å². The van der Waals surface area contributed by atoms with Crippen LogP contribution in [-0.2, 0) is 19.1 Å². The molecule has 0 fully saturated rings. The second-order valence-electron chi connectivity index (χ2n) is 7.94. The average molecular weight is 488 g/mol. The molecule has 1 aliphatic carbocycles. The number of ether oxygens (including phenoxy) is 2. The highest BCUT2D eigenvalue weighted by Gasteiger charge is 2.52. The summed E-state index contributed by atoms with van der Waals surface area (Å²) in [6, 6.07) is 15.0. The van der Waals surface area contributed by atoms with Gasteiger partial charge < -0.3 is 19.9 Å². The number of carbonyl (C=O) groups excluding carboxylic acids is 2. The van der Waals surface area contributed by atoms with Crippen LogP contribution in [0, 0.1) is 12.8 Å². The zero-order chi connectivity index (χ0) is 22.8. The maximum Gasteiger partial charge on any atom is 0.336 e. The third-order valence-corrected chi connectivity index (χ3v) is 6.14. The molecule has 0 saturated carbocycles. The molecule has 2 aromatic rings. The molecule has 0 amide bonds. The van der Waals surface area contributed by atoms with E-state index in [9.17, 15) is 14.7 Å². The number of anilines is 1. The van der Waals surface area contributed by atoms with Gasteiger partial charge >= 0.3 is 11.9 Å². The Hall–Kier alpha value is -2.64. The molecule has 0 aliphatic heterocycles. The van der Waals surface area contributed by atoms with Gasteiger partial charge in [-0.3, -0.25) is 4.79 Å². The van der Waals surface area contributed by atoms with Gasteiger partial charge in [-0.05, 0) is 43.7 Å². The number of aliphatic hydroxyl groups is 1. The number of methoxy groups -OCH3 is 2. The maximum absolute atomic E-state index is 13.0. The summed E-state index contributed by atoms with van der Waals surface area (Å²) in [5, 5.41) is 14.6. The molecular formula is C24H26BrNO5. The molecule has 3 atom stereocenters. The van der Waals surface area contributed by atoms with Crippen LogP contribution in [0.1, 0.15) is 30.4 Å². The highest BCUT2D eigenvalue weighted by atomic mass is 79.9. The van der Waals surface area contributed by atoms with Gasteiger partial charge in [-0.15, -0.1) is 0 Å². The minimum atomic E-state index is -1.46. The summed E-state index contributed by atoms with van der Waals surface area (Å²) >= 11 is 3.41. The van der Waals surface area contributed by atoms with E-state index in [1.165, 1.54) is 14.2 Å². The number of hydrogen-bond acceptors (Lipinski definition) is 6. The number of benzene rings is 2. The fourth-order valence-electron chi connectivity index (χ4n) is 4.11. The maximum atomic E-state index is 13.0. The van der Waals surface area contributed by atoms with Gasteiger partial charge in [0.05, 0.1) is 31.3 Å². The summed E-state index contributed by atoms with van der Waals surface area (Å²) in [5.74, 6) is -2.90. The third kappa shape index (κ3) is 4.83. The highest BCUT2D eigenvalue weighted by Crippen LogP contribution is 2.48. The Balaban J connectivity index is 2.23. The van der Waals surface area contributed by atoms with Gasteiger partial charge in [-0.25, -0.2) is 4.79 Å². The van der Waals surface area contributed by atoms with E-state index < -0.39 is 29.4 Å². The predicted octanol–water partition coefficient (Wildman–Crippen LogP) is 4.32. The minimum Gasteiger partial charge on any atom is -0.469 e. The van der Waals surface area contributed by atoms with Crippen molar-refractivity contribution < 1.29 is 24.2 Å². The fraction of sp³-hybridized carbons (Fsp3) is 0.333. The molecule has 164 valence electrons. The van der Waals surface area contributed by atoms with Crippen LogP contribution in [0.2, 0.25) is 0 Å². The number of rotatable bonds is 5. The molecule has 3 rings (SSSR count). The molecular weight excluding hydrogens is 462 g/mol. The Bertz CT molecular complexity index is 996. The predicted molar refractivity (Wildman–Crippen MR) is 121 cm³/mol. The van der Waals surface area contributed by atoms with Crippen LogP contribution >= 0.6 is 15.9 Å². The first-order valence-corrected chi connectivity index (χ1v) is 10.7. The van der Waals surface area contributed by atoms with Crippen LogP contribution < -0.4 is 5.32 Å². The van der Waals surface area contributed by atoms with E-state index in [2.05, 4.69) is 21.2 Å². The van der Waals surface area contributed by atoms with Crippen molar-refractivity contribution in [3.63, 3.8) is 0 Å². The lowest BCUT2D eigenvalue weighted by Gasteiger charge is -2.42. The molecule has 0 saturated heterocycles. The normalized spacial score (nSPS) is 23.3. The Morgan fingerprint density at radius 2 is 1.68 bits per heavy atom. The lowest BCUT2D eigenvalue weighted by molar-refractivity contribution is -0.157. The van der Waals surface area contributed by atoms with E-state index in [4.69, 9.17) is 9.47 Å². The molecule has 7 heteroatoms. The van der Waals surface area contributed by atoms with Crippen LogP contribution in [-0.4, -0.2) is 36.9 Å². The molecule has 0 unspecified atom stereocenters. The lowest BCUT2D eigenvalue weighted by atomic mass is 9.66. The van der Waals surface area contributed by atoms with Crippen molar-refractivity contribution in [1.29, 1.82) is 0 Å². The average Bonchev–Trinajstić information content (AvgIpc) is 2.74. The molecule has 2 N–H and O–H groups in total. The quantitative estimate of drug-likeness (QED) is 0.610. The first-order valence-electron chi connectivity index (χ1n) is 9.88. The van der Waals surface area contributed by atoms with Crippen molar-refractivity contribution >= 4 is 33.6 Å². The lowest BCUT2D eigenvalue weighted by Crippen LogP contribution is -2.49. The standard InChI is InChI=1S/C24H26BrNO5/c1-14-5-11-17(12-6-14)26-18-13-24(2,29)21(23(28)31-4)19(20(18)22(27)30-3)15-7-9-16(25)10-8-15/h5-12,19,21,26,29H,13H2,1-4H3/t19-,21+,24-/m1/s1. The minimum absolute atomic E-state index is 0.0537. The Morgan fingerprint density at radius 3 is 2.23 bits per heavy atom. The SMILES string of the molecule is COC(=O)C1=C(Nc2ccc(C)cc2)C[C@@](C)(O)[C@H](C(=O)OC)[C@@H]1c1ccc(Br)cc1. The zero-order valence-electron chi connectivity index (χ0n) is 17.9. The van der Waals surface area contributed by atoms with Gasteiger partial charge in [0.2, 0.25) is 0 Å². The summed E-state index contributed by atoms with van der Waals surface area (Å²) in [6.45, 7) is 3.57. The van der Waals surface area contributed by atoms with E-state index in [1.807, 2.05) is 55.5 Å². The number of hydrogen-bond donors (Lipinski definition) is 2. The second kappa shape index (κ2) is 9.24. The van der Waals surface area contributed by atoms with Gasteiger partial charge in [-0.2, -0.15) is 0 Å². The molecule has 31 heavy (non-hydrogen) atoms. The van der Waals surface area contributed by atoms with Crippen molar-refractivity contribution in [3.05, 3.63) is 75.4 Å². The van der Waals surface area contributed by atoms with Crippen LogP contribution in [0.25, 0.3) is 0 Å². The molecule has 6 nitrogen and oxygen atoms in total. The van der Waals surface area contributed by atoms with Crippen molar-refractivity contribution in [2.24, 2.45) is 5.92 Å². The number of esters is 2. The smallest absolute Gasteiger partial charge is 0.336 e. The molecule has 0 bridgehead atoms. The van der Waals surface area contributed by atoms with Crippen molar-refractivity contribution in [2.45, 2.75) is 31.8 Å². The number of nitrogens with one attached hydrogen (secondary N) is 1. The highest BCUT2D eigenvalue weighted by molar-refractivity contribution is 9.10. The fourth-order valence-corrected chi connectivity index (χ4v) is 4.37. The van der Waals surface area contributed by atoms with E-state index >= 15 is 0 Å². The summed E-state index contributed by atoms with van der Waals surface area (Å²) < 4.78 is 11.0. The molecule has 0 heterocycles. The van der Waals surface area contributed by atoms with Crippen LogP contribution in [0.5, 0.6) is 0 Å². The van der Waals surface area contributed by atoms with Gasteiger partial charge in [0, 0.05) is 28.2 Å². The molecule has 0 aromatic heterocycles. The Labute approximate surface area is 190 Å². The van der Waals surface area contributed by atoms with Crippen LogP contribution in [0.15, 0.2) is 64.3 Å². The first-order chi connectivity index (χ1) is 14.7. The van der Waals surface area contributed by atoms with Gasteiger partial charge in [0.1, 0.15) is 0 Å². The molecule has 0 radical (unpaired) electrons. The largest absolute Gasteiger partial charge is 0.469 e. The van der Waals surface area contributed by atoms with E-state index in [0.717, 1.165) is 15.7 Å². The number of aryl methyl sites for hydroxylation is 1. The first kappa shape index (κ1) is 23.0. The summed E-state index contributed by atoms with van der Waals surface area (Å²) in [4.78, 5) is 25.8. The van der Waals surface area contributed by atoms with Gasteiger partial charge in [0.15, 0.2) is 0 Å². The monoisotopic (exact) mass is 487 g/mol. The zero-order valence-corrected chi connectivity index (χ0v) is 19.5. The van der Waals surface area contributed by atoms with Gasteiger partial charge in [-0.1, -0.05) is 45.8 Å². The topological polar surface area (TPSA) is 84.9 Å². The van der Waals surface area contributed by atoms with E-state index in [0.29, 0.717) is 16.8 Å². The Morgan fingerprint density at radius 1 is 1.06 bits per heavy atom. The summed E-state index contributed by atoms with van der Waals surface area (Å²) in [6.07, 6.45) is 0.0537. The third-order valence-electron chi connectivity index (χ3n) is 5.61. The van der Waals surface area contributed by atoms with Crippen LogP contribution in [0.3, 0.4) is 0 Å². The van der Waals surface area contributed by atoms with Gasteiger partial charge in [0.25, 0.3) is 0 Å². The van der Waals surface area contributed by atoms with Crippen molar-refractivity contribution in [1.82, 2.24) is 0 Å². The van der Waals surface area contributed by atoms with Crippen molar-refractivity contribution in [3.8, 4) is 0 Å².